The third-order valence-corrected chi connectivity index (χ3v) is 4.05. The molecule has 23 heavy (non-hydrogen) atoms. The largest absolute Gasteiger partial charge is 0.325 e. The first kappa shape index (κ1) is 19.5. The molecule has 1 rings (SSSR count). The average molecular weight is 337 g/mol. The van der Waals surface area contributed by atoms with Crippen molar-refractivity contribution in [2.24, 2.45) is 11.1 Å². The van der Waals surface area contributed by atoms with E-state index in [-0.39, 0.29) is 11.8 Å². The lowest BCUT2D eigenvalue weighted by Gasteiger charge is -2.19. The SMILES string of the molecule is CSCC[C@H](N)C(=O)Nc1ccc(C)c(NC(=O)C(C)(C)C)c1. The minimum absolute atomic E-state index is 0.0688. The van der Waals surface area contributed by atoms with Crippen molar-refractivity contribution >= 4 is 35.0 Å². The van der Waals surface area contributed by atoms with Gasteiger partial charge in [0, 0.05) is 16.8 Å². The molecule has 0 heterocycles. The fourth-order valence-corrected chi connectivity index (χ4v) is 2.24. The Hall–Kier alpha value is -1.53. The van der Waals surface area contributed by atoms with Crippen LogP contribution in [0.15, 0.2) is 18.2 Å². The molecule has 0 radical (unpaired) electrons. The van der Waals surface area contributed by atoms with E-state index in [4.69, 9.17) is 5.73 Å². The molecule has 1 aromatic rings. The highest BCUT2D eigenvalue weighted by molar-refractivity contribution is 7.98. The summed E-state index contributed by atoms with van der Waals surface area (Å²) >= 11 is 1.66. The van der Waals surface area contributed by atoms with Crippen molar-refractivity contribution < 1.29 is 9.59 Å². The number of nitrogens with two attached hydrogens (primary N) is 1. The molecule has 0 aliphatic heterocycles. The van der Waals surface area contributed by atoms with Crippen LogP contribution in [-0.4, -0.2) is 29.9 Å². The highest BCUT2D eigenvalue weighted by atomic mass is 32.2. The number of rotatable bonds is 6. The van der Waals surface area contributed by atoms with Gasteiger partial charge in [0.15, 0.2) is 0 Å². The first-order valence-electron chi connectivity index (χ1n) is 7.62. The number of aryl methyl sites for hydroxylation is 1. The molecule has 2 amide bonds. The smallest absolute Gasteiger partial charge is 0.241 e. The third-order valence-electron chi connectivity index (χ3n) is 3.40. The van der Waals surface area contributed by atoms with Crippen molar-refractivity contribution in [1.29, 1.82) is 0 Å². The highest BCUT2D eigenvalue weighted by Gasteiger charge is 2.22. The summed E-state index contributed by atoms with van der Waals surface area (Å²) < 4.78 is 0. The van der Waals surface area contributed by atoms with E-state index in [2.05, 4.69) is 10.6 Å². The maximum Gasteiger partial charge on any atom is 0.241 e. The maximum atomic E-state index is 12.1. The second-order valence-corrected chi connectivity index (χ2v) is 7.60. The molecule has 5 nitrogen and oxygen atoms in total. The van der Waals surface area contributed by atoms with Crippen LogP contribution in [0.4, 0.5) is 11.4 Å². The fourth-order valence-electron chi connectivity index (χ4n) is 1.76. The van der Waals surface area contributed by atoms with Crippen LogP contribution in [-0.2, 0) is 9.59 Å². The third kappa shape index (κ3) is 6.23. The number of hydrogen-bond donors (Lipinski definition) is 3. The van der Waals surface area contributed by atoms with Crippen LogP contribution < -0.4 is 16.4 Å². The van der Waals surface area contributed by atoms with Gasteiger partial charge in [0.1, 0.15) is 0 Å². The van der Waals surface area contributed by atoms with Gasteiger partial charge < -0.3 is 16.4 Å². The molecule has 4 N–H and O–H groups in total. The predicted molar refractivity (Wildman–Crippen MR) is 98.9 cm³/mol. The van der Waals surface area contributed by atoms with Crippen LogP contribution in [0.1, 0.15) is 32.8 Å². The zero-order chi connectivity index (χ0) is 17.6. The molecule has 0 fully saturated rings. The molecule has 0 spiro atoms. The number of hydrogen-bond acceptors (Lipinski definition) is 4. The Morgan fingerprint density at radius 3 is 2.48 bits per heavy atom. The van der Waals surface area contributed by atoms with Crippen LogP contribution in [0, 0.1) is 12.3 Å². The summed E-state index contributed by atoms with van der Waals surface area (Å²) in [6.07, 6.45) is 2.61. The van der Waals surface area contributed by atoms with Crippen LogP contribution in [0.5, 0.6) is 0 Å². The van der Waals surface area contributed by atoms with Gasteiger partial charge >= 0.3 is 0 Å². The summed E-state index contributed by atoms with van der Waals surface area (Å²) in [6, 6.07) is 4.90. The van der Waals surface area contributed by atoms with E-state index >= 15 is 0 Å². The molecule has 6 heteroatoms. The van der Waals surface area contributed by atoms with E-state index in [0.29, 0.717) is 17.8 Å². The van der Waals surface area contributed by atoms with Crippen LogP contribution in [0.3, 0.4) is 0 Å². The van der Waals surface area contributed by atoms with Crippen molar-refractivity contribution in [3.63, 3.8) is 0 Å². The van der Waals surface area contributed by atoms with Gasteiger partial charge in [-0.2, -0.15) is 11.8 Å². The minimum atomic E-state index is -0.531. The van der Waals surface area contributed by atoms with Gasteiger partial charge in [-0.1, -0.05) is 26.8 Å². The lowest BCUT2D eigenvalue weighted by Crippen LogP contribution is -2.36. The lowest BCUT2D eigenvalue weighted by molar-refractivity contribution is -0.123. The summed E-state index contributed by atoms with van der Waals surface area (Å²) in [7, 11) is 0. The highest BCUT2D eigenvalue weighted by Crippen LogP contribution is 2.23. The fraction of sp³-hybridized carbons (Fsp3) is 0.529. The van der Waals surface area contributed by atoms with Gasteiger partial charge in [0.2, 0.25) is 11.8 Å². The van der Waals surface area contributed by atoms with Crippen LogP contribution >= 0.6 is 11.8 Å². The van der Waals surface area contributed by atoms with Crippen molar-refractivity contribution in [1.82, 2.24) is 0 Å². The number of benzene rings is 1. The summed E-state index contributed by atoms with van der Waals surface area (Å²) in [5.41, 5.74) is 7.64. The Bertz CT molecular complexity index is 567. The maximum absolute atomic E-state index is 12.1. The molecule has 0 aromatic heterocycles. The molecule has 1 aromatic carbocycles. The number of thioether (sulfide) groups is 1. The standard InChI is InChI=1S/C17H27N3O2S/c1-11-6-7-12(19-15(21)13(18)8-9-23-5)10-14(11)20-16(22)17(2,3)4/h6-7,10,13H,8-9,18H2,1-5H3,(H,19,21)(H,20,22)/t13-/m0/s1. The van der Waals surface area contributed by atoms with E-state index in [0.717, 1.165) is 11.3 Å². The molecule has 0 aliphatic rings. The molecule has 128 valence electrons. The zero-order valence-corrected chi connectivity index (χ0v) is 15.3. The van der Waals surface area contributed by atoms with Gasteiger partial charge in [-0.05, 0) is 43.0 Å². The van der Waals surface area contributed by atoms with Crippen LogP contribution in [0.2, 0.25) is 0 Å². The Morgan fingerprint density at radius 2 is 1.91 bits per heavy atom. The van der Waals surface area contributed by atoms with Gasteiger partial charge in [0.25, 0.3) is 0 Å². The molecule has 0 aliphatic carbocycles. The van der Waals surface area contributed by atoms with Gasteiger partial charge in [-0.25, -0.2) is 0 Å². The first-order chi connectivity index (χ1) is 10.6. The molecular formula is C17H27N3O2S. The summed E-state index contributed by atoms with van der Waals surface area (Å²) in [5.74, 6) is 0.562. The second kappa shape index (κ2) is 8.36. The monoisotopic (exact) mass is 337 g/mol. The molecule has 0 unspecified atom stereocenters. The average Bonchev–Trinajstić information content (AvgIpc) is 2.47. The van der Waals surface area contributed by atoms with Gasteiger partial charge in [0.05, 0.1) is 6.04 Å². The topological polar surface area (TPSA) is 84.2 Å². The molecular weight excluding hydrogens is 310 g/mol. The Balaban J connectivity index is 2.81. The van der Waals surface area contributed by atoms with Crippen molar-refractivity contribution in [3.05, 3.63) is 23.8 Å². The number of carbonyl (C=O) groups excluding carboxylic acids is 2. The van der Waals surface area contributed by atoms with E-state index in [1.807, 2.05) is 40.0 Å². The summed E-state index contributed by atoms with van der Waals surface area (Å²) in [5, 5.41) is 5.71. The molecule has 0 saturated heterocycles. The Morgan fingerprint density at radius 1 is 1.26 bits per heavy atom. The minimum Gasteiger partial charge on any atom is -0.325 e. The zero-order valence-electron chi connectivity index (χ0n) is 14.5. The van der Waals surface area contributed by atoms with Gasteiger partial charge in [-0.3, -0.25) is 9.59 Å². The van der Waals surface area contributed by atoms with E-state index in [9.17, 15) is 9.59 Å². The quantitative estimate of drug-likeness (QED) is 0.745. The van der Waals surface area contributed by atoms with Crippen molar-refractivity contribution in [2.75, 3.05) is 22.6 Å². The summed E-state index contributed by atoms with van der Waals surface area (Å²) in [4.78, 5) is 24.2. The molecule has 1 atom stereocenters. The van der Waals surface area contributed by atoms with E-state index in [1.54, 1.807) is 23.9 Å². The Kier molecular flexibility index (Phi) is 7.09. The second-order valence-electron chi connectivity index (χ2n) is 6.61. The lowest BCUT2D eigenvalue weighted by atomic mass is 9.95. The Labute approximate surface area is 142 Å². The number of amides is 2. The number of nitrogens with one attached hydrogen (secondary N) is 2. The number of anilines is 2. The summed E-state index contributed by atoms with van der Waals surface area (Å²) in [6.45, 7) is 7.48. The van der Waals surface area contributed by atoms with E-state index in [1.165, 1.54) is 0 Å². The van der Waals surface area contributed by atoms with Crippen molar-refractivity contribution in [3.8, 4) is 0 Å². The molecule has 0 bridgehead atoms. The number of carbonyl (C=O) groups is 2. The normalized spacial score (nSPS) is 12.6. The predicted octanol–water partition coefficient (Wildman–Crippen LogP) is 3.00. The van der Waals surface area contributed by atoms with Crippen molar-refractivity contribution in [2.45, 2.75) is 40.2 Å². The van der Waals surface area contributed by atoms with E-state index < -0.39 is 11.5 Å². The van der Waals surface area contributed by atoms with Gasteiger partial charge in [-0.15, -0.1) is 0 Å². The first-order valence-corrected chi connectivity index (χ1v) is 9.02. The molecule has 0 saturated carbocycles. The van der Waals surface area contributed by atoms with Crippen LogP contribution in [0.25, 0.3) is 0 Å².